The van der Waals surface area contributed by atoms with Crippen molar-refractivity contribution in [3.05, 3.63) is 30.6 Å². The molecule has 0 unspecified atom stereocenters. The second-order valence-corrected chi connectivity index (χ2v) is 4.94. The maximum Gasteiger partial charge on any atom is 0.257 e. The van der Waals surface area contributed by atoms with Gasteiger partial charge in [0.1, 0.15) is 24.2 Å². The van der Waals surface area contributed by atoms with Crippen molar-refractivity contribution in [3.8, 4) is 0 Å². The largest absolute Gasteiger partial charge is 0.338 e. The van der Waals surface area contributed by atoms with Gasteiger partial charge in [0.25, 0.3) is 6.43 Å². The van der Waals surface area contributed by atoms with Gasteiger partial charge in [-0.25, -0.2) is 23.4 Å². The smallest absolute Gasteiger partial charge is 0.257 e. The summed E-state index contributed by atoms with van der Waals surface area (Å²) in [6, 6.07) is 1.87. The van der Waals surface area contributed by atoms with Crippen LogP contribution in [0.15, 0.2) is 24.8 Å². The minimum absolute atomic E-state index is 0.331. The molecule has 0 fully saturated rings. The summed E-state index contributed by atoms with van der Waals surface area (Å²) in [7, 11) is 3.72. The Balaban J connectivity index is 1.86. The number of pyridine rings is 1. The number of hydrogen-bond acceptors (Lipinski definition) is 5. The van der Waals surface area contributed by atoms with E-state index in [0.29, 0.717) is 18.3 Å². The van der Waals surface area contributed by atoms with Crippen LogP contribution in [0.25, 0.3) is 11.0 Å². The van der Waals surface area contributed by atoms with E-state index in [9.17, 15) is 8.78 Å². The number of fused-ring (bicyclic) bond motifs is 1. The first-order valence-corrected chi connectivity index (χ1v) is 6.68. The van der Waals surface area contributed by atoms with Crippen molar-refractivity contribution in [2.75, 3.05) is 11.9 Å². The Kier molecular flexibility index (Phi) is 3.70. The molecule has 3 aromatic heterocycles. The maximum atomic E-state index is 12.5. The number of anilines is 1. The second-order valence-electron chi connectivity index (χ2n) is 4.94. The zero-order chi connectivity index (χ0) is 15.7. The van der Waals surface area contributed by atoms with E-state index in [1.807, 2.05) is 29.6 Å². The molecule has 0 aromatic carbocycles. The molecule has 0 bridgehead atoms. The second kappa shape index (κ2) is 5.66. The topological polar surface area (TPSA) is 64.7 Å². The fraction of sp³-hybridized carbons (Fsp3) is 0.385. The van der Waals surface area contributed by atoms with Crippen LogP contribution in [0.5, 0.6) is 0 Å². The number of alkyl halides is 2. The van der Waals surface area contributed by atoms with E-state index in [4.69, 9.17) is 0 Å². The summed E-state index contributed by atoms with van der Waals surface area (Å²) in [5.41, 5.74) is 1.73. The maximum absolute atomic E-state index is 12.5. The van der Waals surface area contributed by atoms with Crippen LogP contribution >= 0.6 is 0 Å². The average Bonchev–Trinajstić information content (AvgIpc) is 3.04. The van der Waals surface area contributed by atoms with Gasteiger partial charge in [0, 0.05) is 20.3 Å². The van der Waals surface area contributed by atoms with Gasteiger partial charge in [-0.15, -0.1) is 0 Å². The number of nitrogens with zero attached hydrogens (tertiary/aromatic N) is 7. The first-order chi connectivity index (χ1) is 10.6. The number of halogens is 2. The van der Waals surface area contributed by atoms with Crippen molar-refractivity contribution in [2.24, 2.45) is 7.05 Å². The Morgan fingerprint density at radius 3 is 2.91 bits per heavy atom. The predicted octanol–water partition coefficient (Wildman–Crippen LogP) is 1.46. The fourth-order valence-corrected chi connectivity index (χ4v) is 2.36. The molecular weight excluding hydrogens is 292 g/mol. The van der Waals surface area contributed by atoms with Crippen molar-refractivity contribution >= 4 is 17.0 Å². The van der Waals surface area contributed by atoms with Gasteiger partial charge < -0.3 is 9.47 Å². The Morgan fingerprint density at radius 1 is 1.36 bits per heavy atom. The lowest BCUT2D eigenvalue weighted by molar-refractivity contribution is 0.120. The van der Waals surface area contributed by atoms with E-state index in [2.05, 4.69) is 20.1 Å². The molecule has 0 aliphatic heterocycles. The van der Waals surface area contributed by atoms with Gasteiger partial charge in [0.2, 0.25) is 5.95 Å². The van der Waals surface area contributed by atoms with Crippen LogP contribution in [0.1, 0.15) is 5.82 Å². The number of imidazole rings is 1. The highest BCUT2D eigenvalue weighted by Crippen LogP contribution is 2.20. The van der Waals surface area contributed by atoms with Crippen molar-refractivity contribution in [1.82, 2.24) is 29.3 Å². The van der Waals surface area contributed by atoms with Crippen LogP contribution in [-0.4, -0.2) is 42.8 Å². The number of aryl methyl sites for hydroxylation is 1. The summed E-state index contributed by atoms with van der Waals surface area (Å²) < 4.78 is 28.2. The van der Waals surface area contributed by atoms with Crippen LogP contribution in [0.2, 0.25) is 0 Å². The number of rotatable bonds is 5. The quantitative estimate of drug-likeness (QED) is 0.714. The van der Waals surface area contributed by atoms with Gasteiger partial charge in [-0.05, 0) is 6.07 Å². The van der Waals surface area contributed by atoms with E-state index in [1.54, 1.807) is 12.4 Å². The fourth-order valence-electron chi connectivity index (χ4n) is 2.36. The Morgan fingerprint density at radius 2 is 2.18 bits per heavy atom. The summed E-state index contributed by atoms with van der Waals surface area (Å²) in [5.74, 6) is 1.17. The summed E-state index contributed by atoms with van der Waals surface area (Å²) >= 11 is 0. The Bertz CT molecular complexity index is 780. The van der Waals surface area contributed by atoms with Gasteiger partial charge >= 0.3 is 0 Å². The number of aromatic nitrogens is 6. The molecule has 7 nitrogen and oxygen atoms in total. The molecule has 3 rings (SSSR count). The minimum Gasteiger partial charge on any atom is -0.338 e. The number of hydrogen-bond donors (Lipinski definition) is 0. The van der Waals surface area contributed by atoms with E-state index in [0.717, 1.165) is 11.0 Å². The summed E-state index contributed by atoms with van der Waals surface area (Å²) in [6.07, 6.45) is 2.20. The minimum atomic E-state index is -2.47. The van der Waals surface area contributed by atoms with E-state index in [-0.39, 0.29) is 0 Å². The lowest BCUT2D eigenvalue weighted by Crippen LogP contribution is -2.23. The molecule has 3 heterocycles. The average molecular weight is 307 g/mol. The van der Waals surface area contributed by atoms with Crippen molar-refractivity contribution in [1.29, 1.82) is 0 Å². The predicted molar refractivity (Wildman–Crippen MR) is 76.6 cm³/mol. The summed E-state index contributed by atoms with van der Waals surface area (Å²) in [5, 5.41) is 3.83. The molecule has 0 radical (unpaired) electrons. The molecule has 0 N–H and O–H groups in total. The van der Waals surface area contributed by atoms with Crippen molar-refractivity contribution in [2.45, 2.75) is 19.5 Å². The molecule has 0 atom stereocenters. The van der Waals surface area contributed by atoms with Gasteiger partial charge in [-0.1, -0.05) is 0 Å². The Hall–Kier alpha value is -2.58. The molecule has 0 saturated carbocycles. The lowest BCUT2D eigenvalue weighted by Gasteiger charge is -2.18. The van der Waals surface area contributed by atoms with E-state index >= 15 is 0 Å². The standard InChI is InChI=1S/C13H15F2N7/c1-20(7-12-17-8-18-22(12)6-11(14)15)13-19-9-5-16-4-3-10(9)21(13)2/h3-5,8,11H,6-7H2,1-2H3. The molecule has 22 heavy (non-hydrogen) atoms. The van der Waals surface area contributed by atoms with E-state index < -0.39 is 13.0 Å². The molecule has 0 aliphatic rings. The molecule has 0 saturated heterocycles. The highest BCUT2D eigenvalue weighted by Gasteiger charge is 2.16. The van der Waals surface area contributed by atoms with E-state index in [1.165, 1.54) is 11.0 Å². The molecular formula is C13H15F2N7. The van der Waals surface area contributed by atoms with Gasteiger partial charge in [-0.2, -0.15) is 5.10 Å². The third-order valence-electron chi connectivity index (χ3n) is 3.39. The molecule has 116 valence electrons. The first-order valence-electron chi connectivity index (χ1n) is 6.68. The third-order valence-corrected chi connectivity index (χ3v) is 3.39. The third kappa shape index (κ3) is 2.61. The zero-order valence-electron chi connectivity index (χ0n) is 12.2. The van der Waals surface area contributed by atoms with Gasteiger partial charge in [0.05, 0.1) is 18.3 Å². The van der Waals surface area contributed by atoms with Crippen LogP contribution in [0.3, 0.4) is 0 Å². The first kappa shape index (κ1) is 14.4. The van der Waals surface area contributed by atoms with Gasteiger partial charge in [0.15, 0.2) is 0 Å². The molecule has 9 heteroatoms. The molecule has 0 aliphatic carbocycles. The molecule has 0 spiro atoms. The van der Waals surface area contributed by atoms with Crippen LogP contribution in [0.4, 0.5) is 14.7 Å². The van der Waals surface area contributed by atoms with Crippen LogP contribution in [-0.2, 0) is 20.1 Å². The summed E-state index contributed by atoms with van der Waals surface area (Å²) in [6.45, 7) is -0.132. The normalized spacial score (nSPS) is 11.5. The monoisotopic (exact) mass is 307 g/mol. The molecule has 3 aromatic rings. The van der Waals surface area contributed by atoms with Gasteiger partial charge in [-0.3, -0.25) is 4.98 Å². The highest BCUT2D eigenvalue weighted by molar-refractivity contribution is 5.77. The highest BCUT2D eigenvalue weighted by atomic mass is 19.3. The zero-order valence-corrected chi connectivity index (χ0v) is 12.2. The Labute approximate surface area is 125 Å². The lowest BCUT2D eigenvalue weighted by atomic mass is 10.4. The van der Waals surface area contributed by atoms with Crippen molar-refractivity contribution < 1.29 is 8.78 Å². The van der Waals surface area contributed by atoms with Crippen LogP contribution in [0, 0.1) is 0 Å². The van der Waals surface area contributed by atoms with Crippen LogP contribution < -0.4 is 4.90 Å². The van der Waals surface area contributed by atoms with Crippen molar-refractivity contribution in [3.63, 3.8) is 0 Å². The molecule has 0 amide bonds. The SMILES string of the molecule is CN(Cc1ncnn1CC(F)F)c1nc2cnccc2n1C. The summed E-state index contributed by atoms with van der Waals surface area (Å²) in [4.78, 5) is 14.4.